The molecule has 0 aromatic heterocycles. The normalized spacial score (nSPS) is 17.0. The molecule has 0 amide bonds. The molecule has 39 heavy (non-hydrogen) atoms. The molecule has 2 rings (SSSR count). The van der Waals surface area contributed by atoms with Crippen molar-refractivity contribution < 1.29 is 38.8 Å². The molecule has 2 N–H and O–H groups in total. The number of aromatic hydroxyl groups is 1. The van der Waals surface area contributed by atoms with Gasteiger partial charge in [-0.2, -0.15) is 11.8 Å². The third kappa shape index (κ3) is 11.1. The molecular weight excluding hydrogens is 561 g/mol. The summed E-state index contributed by atoms with van der Waals surface area (Å²) in [7, 11) is 0. The fourth-order valence-electron chi connectivity index (χ4n) is 4.24. The van der Waals surface area contributed by atoms with Gasteiger partial charge in [0, 0.05) is 40.9 Å². The molecule has 0 aliphatic carbocycles. The van der Waals surface area contributed by atoms with Gasteiger partial charge < -0.3 is 24.4 Å². The lowest BCUT2D eigenvalue weighted by atomic mass is 10.0. The van der Waals surface area contributed by atoms with Gasteiger partial charge in [0.2, 0.25) is 0 Å². The number of hydrogen-bond donors (Lipinski definition) is 2. The molecule has 1 aromatic carbocycles. The van der Waals surface area contributed by atoms with Gasteiger partial charge in [-0.15, -0.1) is 23.5 Å². The lowest BCUT2D eigenvalue weighted by molar-refractivity contribution is -0.143. The second kappa shape index (κ2) is 17.3. The summed E-state index contributed by atoms with van der Waals surface area (Å²) in [5, 5.41) is 21.4. The van der Waals surface area contributed by atoms with E-state index < -0.39 is 6.10 Å². The fraction of sp³-hybridized carbons (Fsp3) is 0.679. The summed E-state index contributed by atoms with van der Waals surface area (Å²) >= 11 is 5.25. The van der Waals surface area contributed by atoms with E-state index in [0.29, 0.717) is 67.6 Å². The summed E-state index contributed by atoms with van der Waals surface area (Å²) in [5.74, 6) is 2.00. The monoisotopic (exact) mass is 602 g/mol. The molecule has 11 heteroatoms. The number of esters is 2. The topological polar surface area (TPSA) is 119 Å². The van der Waals surface area contributed by atoms with Gasteiger partial charge in [-0.05, 0) is 52.2 Å². The summed E-state index contributed by atoms with van der Waals surface area (Å²) in [5.41, 5.74) is 0.862. The molecule has 1 aromatic rings. The van der Waals surface area contributed by atoms with E-state index in [9.17, 15) is 24.6 Å². The Morgan fingerprint density at radius 1 is 1.10 bits per heavy atom. The molecule has 1 aliphatic rings. The molecule has 2 unspecified atom stereocenters. The van der Waals surface area contributed by atoms with E-state index >= 15 is 0 Å². The summed E-state index contributed by atoms with van der Waals surface area (Å²) < 4.78 is 15.8. The van der Waals surface area contributed by atoms with Crippen molar-refractivity contribution in [3.05, 3.63) is 23.3 Å². The third-order valence-corrected chi connectivity index (χ3v) is 11.4. The molecule has 1 saturated heterocycles. The Kier molecular flexibility index (Phi) is 14.9. The van der Waals surface area contributed by atoms with Gasteiger partial charge in [0.25, 0.3) is 0 Å². The molecule has 1 heterocycles. The molecule has 8 nitrogen and oxygen atoms in total. The average molecular weight is 603 g/mol. The van der Waals surface area contributed by atoms with Gasteiger partial charge in [0.1, 0.15) is 18.1 Å². The Morgan fingerprint density at radius 3 is 2.31 bits per heavy atom. The van der Waals surface area contributed by atoms with Crippen LogP contribution in [0.5, 0.6) is 11.5 Å². The number of aliphatic hydroxyl groups is 1. The molecule has 220 valence electrons. The number of carbonyl (C=O) groups excluding carboxylic acids is 3. The highest BCUT2D eigenvalue weighted by atomic mass is 32.2. The predicted molar refractivity (Wildman–Crippen MR) is 159 cm³/mol. The minimum absolute atomic E-state index is 0.0455. The maximum absolute atomic E-state index is 12.0. The zero-order valence-electron chi connectivity index (χ0n) is 23.4. The quantitative estimate of drug-likeness (QED) is 0.169. The molecule has 0 bridgehead atoms. The van der Waals surface area contributed by atoms with Gasteiger partial charge in [0.05, 0.1) is 29.0 Å². The van der Waals surface area contributed by atoms with E-state index in [1.807, 2.05) is 18.7 Å². The summed E-state index contributed by atoms with van der Waals surface area (Å²) in [4.78, 5) is 35.8. The highest BCUT2D eigenvalue weighted by Crippen LogP contribution is 2.54. The van der Waals surface area contributed by atoms with Crippen LogP contribution >= 0.6 is 35.3 Å². The van der Waals surface area contributed by atoms with Crippen LogP contribution in [0, 0.1) is 0 Å². The maximum Gasteiger partial charge on any atom is 0.305 e. The van der Waals surface area contributed by atoms with Gasteiger partial charge in [-0.25, -0.2) is 0 Å². The zero-order chi connectivity index (χ0) is 28.8. The van der Waals surface area contributed by atoms with Crippen LogP contribution < -0.4 is 4.74 Å². The first-order chi connectivity index (χ1) is 18.6. The zero-order valence-corrected chi connectivity index (χ0v) is 25.8. The van der Waals surface area contributed by atoms with Crippen molar-refractivity contribution in [2.24, 2.45) is 0 Å². The van der Waals surface area contributed by atoms with Crippen LogP contribution in [0.1, 0.15) is 75.7 Å². The van der Waals surface area contributed by atoms with Gasteiger partial charge in [-0.3, -0.25) is 14.4 Å². The first-order valence-corrected chi connectivity index (χ1v) is 16.5. The van der Waals surface area contributed by atoms with E-state index in [-0.39, 0.29) is 39.7 Å². The maximum atomic E-state index is 12.0. The number of hydrogen-bond acceptors (Lipinski definition) is 11. The Labute approximate surface area is 244 Å². The van der Waals surface area contributed by atoms with Crippen LogP contribution in [0.2, 0.25) is 0 Å². The van der Waals surface area contributed by atoms with Crippen molar-refractivity contribution in [2.75, 3.05) is 37.1 Å². The highest BCUT2D eigenvalue weighted by Gasteiger charge is 2.41. The first kappa shape index (κ1) is 33.6. The molecule has 2 atom stereocenters. The smallest absolute Gasteiger partial charge is 0.305 e. The van der Waals surface area contributed by atoms with Crippen LogP contribution in [0.4, 0.5) is 0 Å². The van der Waals surface area contributed by atoms with Gasteiger partial charge in [-0.1, -0.05) is 13.3 Å². The summed E-state index contributed by atoms with van der Waals surface area (Å²) in [6.07, 6.45) is 2.54. The number of carbonyl (C=O) groups is 3. The van der Waals surface area contributed by atoms with Crippen LogP contribution in [-0.4, -0.2) is 80.4 Å². The van der Waals surface area contributed by atoms with E-state index in [0.717, 1.165) is 17.9 Å². The van der Waals surface area contributed by atoms with E-state index in [4.69, 9.17) is 14.2 Å². The number of benzene rings is 1. The van der Waals surface area contributed by atoms with Crippen molar-refractivity contribution in [1.82, 2.24) is 0 Å². The van der Waals surface area contributed by atoms with Crippen molar-refractivity contribution in [3.8, 4) is 11.5 Å². The number of phenols is 1. The SMILES string of the molecule is CCCc1c(OCC(O)CSCC2CSC(CCC(=O)OCC)(CCC(=O)OCC)S2)ccc(C(C)=O)c1O. The molecule has 0 radical (unpaired) electrons. The number of ketones is 1. The number of phenolic OH excluding ortho intramolecular Hbond substituents is 1. The number of Topliss-reactive ketones (excluding diaryl/α,β-unsaturated/α-hetero) is 1. The van der Waals surface area contributed by atoms with Crippen molar-refractivity contribution in [2.45, 2.75) is 81.7 Å². The molecule has 0 spiro atoms. The van der Waals surface area contributed by atoms with Crippen molar-refractivity contribution in [3.63, 3.8) is 0 Å². The summed E-state index contributed by atoms with van der Waals surface area (Å²) in [6, 6.07) is 3.23. The Balaban J connectivity index is 1.87. The van der Waals surface area contributed by atoms with E-state index in [1.165, 1.54) is 6.92 Å². The Hall–Kier alpha value is -1.56. The van der Waals surface area contributed by atoms with Crippen LogP contribution in [0.15, 0.2) is 12.1 Å². The van der Waals surface area contributed by atoms with E-state index in [1.54, 1.807) is 49.5 Å². The van der Waals surface area contributed by atoms with Crippen molar-refractivity contribution in [1.29, 1.82) is 0 Å². The van der Waals surface area contributed by atoms with E-state index in [2.05, 4.69) is 0 Å². The number of thioether (sulfide) groups is 3. The Morgan fingerprint density at radius 2 is 1.74 bits per heavy atom. The largest absolute Gasteiger partial charge is 0.507 e. The van der Waals surface area contributed by atoms with Crippen LogP contribution in [0.25, 0.3) is 0 Å². The predicted octanol–water partition coefficient (Wildman–Crippen LogP) is 5.25. The Bertz CT molecular complexity index is 933. The molecule has 1 aliphatic heterocycles. The minimum Gasteiger partial charge on any atom is -0.507 e. The van der Waals surface area contributed by atoms with Crippen molar-refractivity contribution >= 4 is 53.0 Å². The third-order valence-electron chi connectivity index (χ3n) is 6.11. The lowest BCUT2D eigenvalue weighted by Crippen LogP contribution is -2.23. The lowest BCUT2D eigenvalue weighted by Gasteiger charge is -2.27. The molecule has 1 fully saturated rings. The number of ether oxygens (including phenoxy) is 3. The second-order valence-electron chi connectivity index (χ2n) is 9.32. The van der Waals surface area contributed by atoms with Crippen LogP contribution in [-0.2, 0) is 25.5 Å². The highest BCUT2D eigenvalue weighted by molar-refractivity contribution is 8.22. The second-order valence-corrected chi connectivity index (χ2v) is 13.7. The van der Waals surface area contributed by atoms with Gasteiger partial charge in [0.15, 0.2) is 5.78 Å². The number of aliphatic hydroxyl groups excluding tert-OH is 1. The average Bonchev–Trinajstić information content (AvgIpc) is 3.30. The number of rotatable bonds is 18. The van der Waals surface area contributed by atoms with Gasteiger partial charge >= 0.3 is 11.9 Å². The standard InChI is InChI=1S/C28H42O8S3/c1-5-8-23-24(10-9-22(19(4)29)27(23)33)36-15-20(30)16-37-17-21-18-38-28(39-21,13-11-25(31)34-6-2)14-12-26(32)35-7-3/h9-10,20-21,30,33H,5-8,11-18H2,1-4H3. The molecule has 0 saturated carbocycles. The summed E-state index contributed by atoms with van der Waals surface area (Å²) in [6.45, 7) is 7.76. The van der Waals surface area contributed by atoms with Crippen LogP contribution in [0.3, 0.4) is 0 Å². The fourth-order valence-corrected chi connectivity index (χ4v) is 9.34. The minimum atomic E-state index is -0.699. The first-order valence-electron chi connectivity index (χ1n) is 13.5. The molecular formula is C28H42O8S3.